The molecule has 0 fully saturated rings. The second-order valence-corrected chi connectivity index (χ2v) is 4.60. The summed E-state index contributed by atoms with van der Waals surface area (Å²) in [4.78, 5) is 27.7. The van der Waals surface area contributed by atoms with Gasteiger partial charge in [0.2, 0.25) is 11.8 Å². The van der Waals surface area contributed by atoms with E-state index in [2.05, 4.69) is 25.2 Å². The van der Waals surface area contributed by atoms with Crippen LogP contribution in [0.1, 0.15) is 24.2 Å². The molecule has 8 nitrogen and oxygen atoms in total. The minimum Gasteiger partial charge on any atom is -0.464 e. The van der Waals surface area contributed by atoms with Crippen molar-refractivity contribution in [3.05, 3.63) is 35.9 Å². The van der Waals surface area contributed by atoms with Crippen LogP contribution in [0, 0.1) is 6.92 Å². The molecule has 0 aliphatic rings. The predicted octanol–water partition coefficient (Wildman–Crippen LogP) is 0.842. The quantitative estimate of drug-likeness (QED) is 0.573. The summed E-state index contributed by atoms with van der Waals surface area (Å²) < 4.78 is 34.1. The Morgan fingerprint density at radius 2 is 2.13 bits per heavy atom. The number of pyridine rings is 1. The minimum absolute atomic E-state index is 0.0842. The molecule has 0 radical (unpaired) electrons. The molecule has 1 unspecified atom stereocenters. The van der Waals surface area contributed by atoms with Crippen LogP contribution in [0.25, 0.3) is 0 Å². The highest BCUT2D eigenvalue weighted by Crippen LogP contribution is 2.32. The van der Waals surface area contributed by atoms with E-state index in [0.29, 0.717) is 10.2 Å². The Kier molecular flexibility index (Phi) is 4.72. The zero-order valence-electron chi connectivity index (χ0n) is 12.3. The van der Waals surface area contributed by atoms with Crippen LogP contribution in [0.5, 0.6) is 0 Å². The molecular formula is C13H13F2N5O3. The third-order valence-corrected chi connectivity index (χ3v) is 2.93. The number of halogens is 2. The predicted molar refractivity (Wildman–Crippen MR) is 71.4 cm³/mol. The van der Waals surface area contributed by atoms with Gasteiger partial charge in [-0.3, -0.25) is 9.78 Å². The highest BCUT2D eigenvalue weighted by atomic mass is 19.3. The number of Topliss-reactive ketones (excluding diaryl/α,β-unsaturated/α-hetero) is 1. The molecule has 0 saturated heterocycles. The van der Waals surface area contributed by atoms with Crippen LogP contribution in [-0.2, 0) is 20.2 Å². The fraction of sp³-hybridized carbons (Fsp3) is 0.385. The number of carbonyl (C=O) groups is 2. The SMILES string of the molecule is CCOC(=O)C(C(=O)C(F)(F)c1ccc(C)cn1)n1cnnn1. The Morgan fingerprint density at radius 1 is 1.39 bits per heavy atom. The Hall–Kier alpha value is -2.78. The maximum Gasteiger partial charge on any atom is 0.349 e. The molecule has 0 saturated carbocycles. The smallest absolute Gasteiger partial charge is 0.349 e. The van der Waals surface area contributed by atoms with Crippen molar-refractivity contribution in [1.29, 1.82) is 0 Å². The number of nitrogens with zero attached hydrogens (tertiary/aromatic N) is 5. The fourth-order valence-electron chi connectivity index (χ4n) is 1.79. The van der Waals surface area contributed by atoms with Gasteiger partial charge in [-0.05, 0) is 35.9 Å². The summed E-state index contributed by atoms with van der Waals surface area (Å²) >= 11 is 0. The number of esters is 1. The third-order valence-electron chi connectivity index (χ3n) is 2.93. The van der Waals surface area contributed by atoms with Gasteiger partial charge in [0, 0.05) is 6.20 Å². The van der Waals surface area contributed by atoms with E-state index in [0.717, 1.165) is 12.4 Å². The molecule has 0 bridgehead atoms. The molecule has 23 heavy (non-hydrogen) atoms. The van der Waals surface area contributed by atoms with Crippen molar-refractivity contribution < 1.29 is 23.1 Å². The summed E-state index contributed by atoms with van der Waals surface area (Å²) in [6, 6.07) is 0.414. The molecule has 10 heteroatoms. The highest BCUT2D eigenvalue weighted by Gasteiger charge is 2.50. The molecule has 122 valence electrons. The standard InChI is InChI=1S/C13H13F2N5O3/c1-3-23-12(22)10(20-7-17-18-19-20)11(21)13(14,15)9-5-4-8(2)6-16-9/h4-7,10H,3H2,1-2H3. The molecular weight excluding hydrogens is 312 g/mol. The maximum absolute atomic E-state index is 14.4. The van der Waals surface area contributed by atoms with Crippen molar-refractivity contribution in [2.75, 3.05) is 6.61 Å². The van der Waals surface area contributed by atoms with E-state index in [1.165, 1.54) is 19.2 Å². The fourth-order valence-corrected chi connectivity index (χ4v) is 1.79. The van der Waals surface area contributed by atoms with Gasteiger partial charge in [-0.25, -0.2) is 9.48 Å². The van der Waals surface area contributed by atoms with E-state index >= 15 is 0 Å². The molecule has 0 aliphatic heterocycles. The Balaban J connectivity index is 2.39. The van der Waals surface area contributed by atoms with E-state index in [1.54, 1.807) is 6.92 Å². The van der Waals surface area contributed by atoms with Crippen molar-refractivity contribution in [3.63, 3.8) is 0 Å². The number of rotatable bonds is 6. The summed E-state index contributed by atoms with van der Waals surface area (Å²) in [6.07, 6.45) is 2.09. The molecule has 0 N–H and O–H groups in total. The molecule has 2 rings (SSSR count). The van der Waals surface area contributed by atoms with Crippen LogP contribution in [0.15, 0.2) is 24.7 Å². The molecule has 2 heterocycles. The first-order valence-corrected chi connectivity index (χ1v) is 6.62. The normalized spacial score (nSPS) is 12.7. The average molecular weight is 325 g/mol. The van der Waals surface area contributed by atoms with Crippen molar-refractivity contribution in [2.24, 2.45) is 0 Å². The first-order valence-electron chi connectivity index (χ1n) is 6.62. The summed E-state index contributed by atoms with van der Waals surface area (Å²) in [7, 11) is 0. The Bertz CT molecular complexity index is 688. The monoisotopic (exact) mass is 325 g/mol. The van der Waals surface area contributed by atoms with Gasteiger partial charge in [0.15, 0.2) is 0 Å². The van der Waals surface area contributed by atoms with Crippen LogP contribution >= 0.6 is 0 Å². The molecule has 0 spiro atoms. The lowest BCUT2D eigenvalue weighted by molar-refractivity contribution is -0.161. The van der Waals surface area contributed by atoms with E-state index in [4.69, 9.17) is 0 Å². The summed E-state index contributed by atoms with van der Waals surface area (Å²) in [6.45, 7) is 3.07. The van der Waals surface area contributed by atoms with E-state index in [1.807, 2.05) is 0 Å². The minimum atomic E-state index is -4.00. The number of aromatic nitrogens is 5. The first-order chi connectivity index (χ1) is 10.9. The van der Waals surface area contributed by atoms with Gasteiger partial charge < -0.3 is 4.74 Å². The molecule has 0 aromatic carbocycles. The zero-order valence-corrected chi connectivity index (χ0v) is 12.3. The van der Waals surface area contributed by atoms with E-state index in [-0.39, 0.29) is 6.61 Å². The summed E-state index contributed by atoms with van der Waals surface area (Å²) in [5, 5.41) is 9.83. The van der Waals surface area contributed by atoms with Gasteiger partial charge >= 0.3 is 11.9 Å². The highest BCUT2D eigenvalue weighted by molar-refractivity contribution is 6.04. The van der Waals surface area contributed by atoms with Crippen LogP contribution in [-0.4, -0.2) is 43.6 Å². The van der Waals surface area contributed by atoms with Crippen molar-refractivity contribution in [2.45, 2.75) is 25.8 Å². The van der Waals surface area contributed by atoms with Crippen molar-refractivity contribution in [1.82, 2.24) is 25.2 Å². The number of alkyl halides is 2. The topological polar surface area (TPSA) is 99.9 Å². The number of hydrogen-bond acceptors (Lipinski definition) is 7. The zero-order chi connectivity index (χ0) is 17.0. The number of tetrazole rings is 1. The van der Waals surface area contributed by atoms with Gasteiger partial charge in [-0.1, -0.05) is 6.07 Å². The van der Waals surface area contributed by atoms with Gasteiger partial charge in [0.25, 0.3) is 0 Å². The lowest BCUT2D eigenvalue weighted by atomic mass is 10.0. The largest absolute Gasteiger partial charge is 0.464 e. The van der Waals surface area contributed by atoms with Crippen molar-refractivity contribution >= 4 is 11.8 Å². The molecule has 1 atom stereocenters. The van der Waals surface area contributed by atoms with Gasteiger partial charge in [-0.2, -0.15) is 8.78 Å². The molecule has 2 aromatic heterocycles. The molecule has 2 aromatic rings. The van der Waals surface area contributed by atoms with E-state index in [9.17, 15) is 18.4 Å². The number of hydrogen-bond donors (Lipinski definition) is 0. The number of carbonyl (C=O) groups excluding carboxylic acids is 2. The number of ether oxygens (including phenoxy) is 1. The summed E-state index contributed by atoms with van der Waals surface area (Å²) in [5.74, 6) is -6.90. The average Bonchev–Trinajstić information content (AvgIpc) is 3.02. The Morgan fingerprint density at radius 3 is 2.65 bits per heavy atom. The van der Waals surface area contributed by atoms with Crippen LogP contribution in [0.4, 0.5) is 8.78 Å². The number of ketones is 1. The van der Waals surface area contributed by atoms with Crippen molar-refractivity contribution in [3.8, 4) is 0 Å². The van der Waals surface area contributed by atoms with E-state index < -0.39 is 29.4 Å². The van der Waals surface area contributed by atoms with Crippen LogP contribution in [0.3, 0.4) is 0 Å². The van der Waals surface area contributed by atoms with Crippen LogP contribution in [0.2, 0.25) is 0 Å². The van der Waals surface area contributed by atoms with Gasteiger partial charge in [0.05, 0.1) is 6.61 Å². The van der Waals surface area contributed by atoms with Gasteiger partial charge in [0.1, 0.15) is 12.0 Å². The molecule has 0 aliphatic carbocycles. The second-order valence-electron chi connectivity index (χ2n) is 4.60. The summed E-state index contributed by atoms with van der Waals surface area (Å²) in [5.41, 5.74) is -0.116. The third kappa shape index (κ3) is 3.35. The van der Waals surface area contributed by atoms with Gasteiger partial charge in [-0.15, -0.1) is 5.10 Å². The lowest BCUT2D eigenvalue weighted by Gasteiger charge is -2.20. The van der Waals surface area contributed by atoms with Crippen LogP contribution < -0.4 is 0 Å². The number of aryl methyl sites for hydroxylation is 1. The Labute approximate surface area is 129 Å². The molecule has 0 amide bonds. The maximum atomic E-state index is 14.4. The second kappa shape index (κ2) is 6.55. The first kappa shape index (κ1) is 16.6. The lowest BCUT2D eigenvalue weighted by Crippen LogP contribution is -2.40.